The molecule has 0 saturated carbocycles. The monoisotopic (exact) mass is 345 g/mol. The maximum absolute atomic E-state index is 13.0. The molecule has 0 aliphatic carbocycles. The molecule has 2 amide bonds. The van der Waals surface area contributed by atoms with Crippen LogP contribution in [-0.4, -0.2) is 37.3 Å². The van der Waals surface area contributed by atoms with Gasteiger partial charge in [-0.1, -0.05) is 12.1 Å². The van der Waals surface area contributed by atoms with E-state index in [1.165, 1.54) is 12.1 Å². The van der Waals surface area contributed by atoms with Crippen LogP contribution in [0.5, 0.6) is 0 Å². The molecule has 2 aromatic carbocycles. The van der Waals surface area contributed by atoms with Crippen molar-refractivity contribution in [3.63, 3.8) is 0 Å². The smallest absolute Gasteiger partial charge is 0.323 e. The highest BCUT2D eigenvalue weighted by Gasteiger charge is 2.30. The fourth-order valence-electron chi connectivity index (χ4n) is 2.62. The number of hydrogen-bond donors (Lipinski definition) is 1. The lowest BCUT2D eigenvalue weighted by Gasteiger charge is -2.25. The Kier molecular flexibility index (Phi) is 4.94. The summed E-state index contributed by atoms with van der Waals surface area (Å²) in [6.07, 6.45) is 0. The number of anilines is 2. The molecule has 0 spiro atoms. The van der Waals surface area contributed by atoms with Crippen molar-refractivity contribution in [3.8, 4) is 0 Å². The molecule has 6 heteroatoms. The zero-order valence-corrected chi connectivity index (χ0v) is 14.5. The van der Waals surface area contributed by atoms with Gasteiger partial charge in [0.15, 0.2) is 0 Å². The molecule has 126 valence electrons. The van der Waals surface area contributed by atoms with Crippen molar-refractivity contribution in [1.29, 1.82) is 0 Å². The summed E-state index contributed by atoms with van der Waals surface area (Å²) in [5.41, 5.74) is 2.83. The van der Waals surface area contributed by atoms with Crippen molar-refractivity contribution >= 4 is 29.2 Å². The number of hydrogen-bond acceptors (Lipinski definition) is 3. The number of urea groups is 1. The van der Waals surface area contributed by atoms with Crippen molar-refractivity contribution < 1.29 is 9.18 Å². The number of carbonyl (C=O) groups is 1. The van der Waals surface area contributed by atoms with Crippen LogP contribution in [0.15, 0.2) is 48.5 Å². The normalized spacial score (nSPS) is 17.0. The molecule has 3 rings (SSSR count). The number of amides is 2. The highest BCUT2D eigenvalue weighted by Crippen LogP contribution is 2.38. The van der Waals surface area contributed by atoms with Crippen LogP contribution in [0.4, 0.5) is 20.6 Å². The van der Waals surface area contributed by atoms with E-state index in [0.29, 0.717) is 12.2 Å². The Hall–Kier alpha value is -2.21. The van der Waals surface area contributed by atoms with Crippen molar-refractivity contribution in [2.24, 2.45) is 0 Å². The molecule has 1 saturated heterocycles. The molecule has 1 N–H and O–H groups in total. The highest BCUT2D eigenvalue weighted by atomic mass is 32.2. The Labute approximate surface area is 145 Å². The Morgan fingerprint density at radius 3 is 2.46 bits per heavy atom. The van der Waals surface area contributed by atoms with E-state index in [4.69, 9.17) is 0 Å². The Morgan fingerprint density at radius 1 is 1.17 bits per heavy atom. The zero-order valence-electron chi connectivity index (χ0n) is 13.7. The van der Waals surface area contributed by atoms with Crippen molar-refractivity contribution in [2.75, 3.05) is 36.6 Å². The minimum atomic E-state index is -0.316. The molecular weight excluding hydrogens is 325 g/mol. The van der Waals surface area contributed by atoms with Gasteiger partial charge in [-0.3, -0.25) is 0 Å². The summed E-state index contributed by atoms with van der Waals surface area (Å²) in [4.78, 5) is 16.4. The van der Waals surface area contributed by atoms with E-state index in [1.54, 1.807) is 23.9 Å². The van der Waals surface area contributed by atoms with Gasteiger partial charge in [-0.15, -0.1) is 11.8 Å². The fraction of sp³-hybridized carbons (Fsp3) is 0.278. The van der Waals surface area contributed by atoms with Crippen molar-refractivity contribution in [1.82, 2.24) is 4.90 Å². The molecule has 24 heavy (non-hydrogen) atoms. The molecule has 0 radical (unpaired) electrons. The molecule has 4 nitrogen and oxygen atoms in total. The average molecular weight is 345 g/mol. The summed E-state index contributed by atoms with van der Waals surface area (Å²) in [7, 11) is 4.00. The Balaban J connectivity index is 1.72. The predicted octanol–water partition coefficient (Wildman–Crippen LogP) is 4.17. The first-order valence-corrected chi connectivity index (χ1v) is 8.81. The van der Waals surface area contributed by atoms with Gasteiger partial charge < -0.3 is 15.1 Å². The standard InChI is InChI=1S/C18H20FN3OS/c1-21(2)16-9-3-13(4-10-16)17-22(11-12-24-17)18(23)20-15-7-5-14(19)6-8-15/h3-10,17H,11-12H2,1-2H3,(H,20,23)/t17-/m0/s1. The molecule has 1 atom stereocenters. The van der Waals surface area contributed by atoms with E-state index >= 15 is 0 Å². The van der Waals surface area contributed by atoms with Crippen LogP contribution < -0.4 is 10.2 Å². The largest absolute Gasteiger partial charge is 0.378 e. The number of nitrogens with one attached hydrogen (secondary N) is 1. The van der Waals surface area contributed by atoms with Crippen LogP contribution >= 0.6 is 11.8 Å². The Morgan fingerprint density at radius 2 is 1.83 bits per heavy atom. The summed E-state index contributed by atoms with van der Waals surface area (Å²) in [6, 6.07) is 13.9. The molecule has 2 aromatic rings. The minimum Gasteiger partial charge on any atom is -0.378 e. The number of benzene rings is 2. The third kappa shape index (κ3) is 3.64. The minimum absolute atomic E-state index is 0.00154. The number of halogens is 1. The van der Waals surface area contributed by atoms with Gasteiger partial charge >= 0.3 is 6.03 Å². The lowest BCUT2D eigenvalue weighted by molar-refractivity contribution is 0.214. The highest BCUT2D eigenvalue weighted by molar-refractivity contribution is 7.99. The van der Waals surface area contributed by atoms with E-state index < -0.39 is 0 Å². The molecule has 1 aliphatic heterocycles. The first-order valence-electron chi connectivity index (χ1n) is 7.76. The topological polar surface area (TPSA) is 35.6 Å². The summed E-state index contributed by atoms with van der Waals surface area (Å²) in [6.45, 7) is 0.692. The van der Waals surface area contributed by atoms with Gasteiger partial charge in [0, 0.05) is 37.8 Å². The van der Waals surface area contributed by atoms with Gasteiger partial charge in [0.2, 0.25) is 0 Å². The summed E-state index contributed by atoms with van der Waals surface area (Å²) >= 11 is 1.75. The number of carbonyl (C=O) groups excluding carboxylic acids is 1. The lowest BCUT2D eigenvalue weighted by Crippen LogP contribution is -2.34. The number of rotatable bonds is 3. The van der Waals surface area contributed by atoms with Crippen LogP contribution in [0, 0.1) is 5.82 Å². The molecule has 0 unspecified atom stereocenters. The van der Waals surface area contributed by atoms with Crippen LogP contribution in [-0.2, 0) is 0 Å². The fourth-order valence-corrected chi connectivity index (χ4v) is 3.88. The summed E-state index contributed by atoms with van der Waals surface area (Å²) in [5.74, 6) is 0.584. The van der Waals surface area contributed by atoms with Crippen LogP contribution in [0.2, 0.25) is 0 Å². The third-order valence-corrected chi connectivity index (χ3v) is 5.20. The van der Waals surface area contributed by atoms with Crippen LogP contribution in [0.25, 0.3) is 0 Å². The second kappa shape index (κ2) is 7.13. The average Bonchev–Trinajstić information content (AvgIpc) is 3.07. The first kappa shape index (κ1) is 16.6. The zero-order chi connectivity index (χ0) is 17.1. The first-order chi connectivity index (χ1) is 11.5. The van der Waals surface area contributed by atoms with Gasteiger partial charge in [-0.2, -0.15) is 0 Å². The number of nitrogens with zero attached hydrogens (tertiary/aromatic N) is 2. The molecule has 0 aromatic heterocycles. The van der Waals surface area contributed by atoms with Gasteiger partial charge in [0.25, 0.3) is 0 Å². The van der Waals surface area contributed by atoms with E-state index in [-0.39, 0.29) is 17.2 Å². The predicted molar refractivity (Wildman–Crippen MR) is 98.1 cm³/mol. The second-order valence-corrected chi connectivity index (χ2v) is 7.03. The van der Waals surface area contributed by atoms with Crippen molar-refractivity contribution in [3.05, 3.63) is 59.9 Å². The molecule has 1 fully saturated rings. The van der Waals surface area contributed by atoms with Gasteiger partial charge in [-0.05, 0) is 42.0 Å². The van der Waals surface area contributed by atoms with E-state index in [2.05, 4.69) is 29.6 Å². The molecular formula is C18H20FN3OS. The lowest BCUT2D eigenvalue weighted by atomic mass is 10.2. The molecule has 1 heterocycles. The second-order valence-electron chi connectivity index (χ2n) is 5.84. The van der Waals surface area contributed by atoms with E-state index in [0.717, 1.165) is 17.0 Å². The SMILES string of the molecule is CN(C)c1ccc([C@@H]2SCCN2C(=O)Nc2ccc(F)cc2)cc1. The molecule has 1 aliphatic rings. The Bertz CT molecular complexity index is 703. The maximum Gasteiger partial charge on any atom is 0.323 e. The van der Waals surface area contributed by atoms with Gasteiger partial charge in [-0.25, -0.2) is 9.18 Å². The van der Waals surface area contributed by atoms with Gasteiger partial charge in [0.1, 0.15) is 11.2 Å². The van der Waals surface area contributed by atoms with Crippen LogP contribution in [0.3, 0.4) is 0 Å². The summed E-state index contributed by atoms with van der Waals surface area (Å²) < 4.78 is 13.0. The maximum atomic E-state index is 13.0. The summed E-state index contributed by atoms with van der Waals surface area (Å²) in [5, 5.41) is 2.84. The van der Waals surface area contributed by atoms with E-state index in [9.17, 15) is 9.18 Å². The molecule has 0 bridgehead atoms. The van der Waals surface area contributed by atoms with Crippen molar-refractivity contribution in [2.45, 2.75) is 5.37 Å². The van der Waals surface area contributed by atoms with Crippen LogP contribution in [0.1, 0.15) is 10.9 Å². The number of thioether (sulfide) groups is 1. The third-order valence-electron chi connectivity index (χ3n) is 3.94. The van der Waals surface area contributed by atoms with Gasteiger partial charge in [0.05, 0.1) is 0 Å². The quantitative estimate of drug-likeness (QED) is 0.907. The van der Waals surface area contributed by atoms with E-state index in [1.807, 2.05) is 23.9 Å².